The van der Waals surface area contributed by atoms with Crippen molar-refractivity contribution in [3.05, 3.63) is 21.8 Å². The molecule has 140 valence electrons. The Balaban J connectivity index is 3.29. The highest BCUT2D eigenvalue weighted by Gasteiger charge is 2.27. The van der Waals surface area contributed by atoms with Crippen LogP contribution in [0.1, 0.15) is 22.8 Å². The van der Waals surface area contributed by atoms with E-state index >= 15 is 0 Å². The fourth-order valence-corrected chi connectivity index (χ4v) is 5.84. The monoisotopic (exact) mass is 690 g/mol. The first-order valence-electron chi connectivity index (χ1n) is 6.94. The zero-order valence-electron chi connectivity index (χ0n) is 13.1. The van der Waals surface area contributed by atoms with Crippen molar-refractivity contribution in [3.8, 4) is 0 Å². The predicted molar refractivity (Wildman–Crippen MR) is 116 cm³/mol. The van der Waals surface area contributed by atoms with E-state index in [-0.39, 0.29) is 12.2 Å². The molecule has 8 nitrogen and oxygen atoms in total. The van der Waals surface area contributed by atoms with Crippen LogP contribution in [0.3, 0.4) is 0 Å². The molecule has 6 N–H and O–H groups in total. The van der Waals surface area contributed by atoms with E-state index < -0.39 is 37.2 Å². The SMILES string of the molecule is CC(=O)OCc1c(I)c(N)c(I)c(C(=O)NC(CO)C(O)CO)c1I. The van der Waals surface area contributed by atoms with Crippen LogP contribution in [-0.2, 0) is 16.1 Å². The summed E-state index contributed by atoms with van der Waals surface area (Å²) in [5.41, 5.74) is 7.29. The van der Waals surface area contributed by atoms with Gasteiger partial charge in [-0.1, -0.05) is 0 Å². The van der Waals surface area contributed by atoms with E-state index in [9.17, 15) is 19.8 Å². The van der Waals surface area contributed by atoms with E-state index in [4.69, 9.17) is 15.6 Å². The number of hydrogen-bond donors (Lipinski definition) is 5. The molecule has 0 fully saturated rings. The smallest absolute Gasteiger partial charge is 0.302 e. The van der Waals surface area contributed by atoms with E-state index in [2.05, 4.69) is 5.32 Å². The van der Waals surface area contributed by atoms with Gasteiger partial charge in [0.05, 0.1) is 40.2 Å². The molecule has 1 aromatic rings. The highest BCUT2D eigenvalue weighted by atomic mass is 127. The lowest BCUT2D eigenvalue weighted by atomic mass is 10.1. The number of benzene rings is 1. The minimum atomic E-state index is -1.30. The van der Waals surface area contributed by atoms with Crippen molar-refractivity contribution in [3.63, 3.8) is 0 Å². The molecule has 0 saturated heterocycles. The number of nitrogens with one attached hydrogen (secondary N) is 1. The van der Waals surface area contributed by atoms with E-state index in [0.29, 0.717) is 22.0 Å². The first kappa shape index (κ1) is 23.1. The van der Waals surface area contributed by atoms with E-state index in [1.54, 1.807) is 0 Å². The van der Waals surface area contributed by atoms with Crippen LogP contribution in [0.5, 0.6) is 0 Å². The van der Waals surface area contributed by atoms with Gasteiger partial charge in [-0.3, -0.25) is 9.59 Å². The number of nitrogens with two attached hydrogens (primary N) is 1. The Labute approximate surface area is 185 Å². The molecule has 1 rings (SSSR count). The molecular formula is C14H17I3N2O6. The lowest BCUT2D eigenvalue weighted by Gasteiger charge is -2.22. The van der Waals surface area contributed by atoms with Crippen molar-refractivity contribution in [2.75, 3.05) is 18.9 Å². The average molecular weight is 690 g/mol. The summed E-state index contributed by atoms with van der Waals surface area (Å²) in [6, 6.07) is -1.03. The van der Waals surface area contributed by atoms with Crippen LogP contribution in [0, 0.1) is 10.7 Å². The van der Waals surface area contributed by atoms with Crippen molar-refractivity contribution in [2.45, 2.75) is 25.7 Å². The minimum Gasteiger partial charge on any atom is -0.461 e. The maximum absolute atomic E-state index is 12.6. The number of aliphatic hydroxyl groups is 3. The van der Waals surface area contributed by atoms with Crippen molar-refractivity contribution in [1.29, 1.82) is 0 Å². The van der Waals surface area contributed by atoms with Gasteiger partial charge in [-0.2, -0.15) is 0 Å². The molecule has 0 heterocycles. The van der Waals surface area contributed by atoms with Crippen molar-refractivity contribution in [2.24, 2.45) is 0 Å². The van der Waals surface area contributed by atoms with Crippen LogP contribution in [0.4, 0.5) is 5.69 Å². The fraction of sp³-hybridized carbons (Fsp3) is 0.429. The number of halogens is 3. The second-order valence-corrected chi connectivity index (χ2v) is 8.24. The largest absolute Gasteiger partial charge is 0.461 e. The number of anilines is 1. The molecule has 0 aliphatic rings. The third-order valence-corrected chi connectivity index (χ3v) is 6.80. The van der Waals surface area contributed by atoms with Gasteiger partial charge in [0.2, 0.25) is 0 Å². The number of aliphatic hydroxyl groups excluding tert-OH is 3. The summed E-state index contributed by atoms with van der Waals surface area (Å²) in [6.45, 7) is 0.106. The number of rotatable bonds is 7. The van der Waals surface area contributed by atoms with Gasteiger partial charge in [0.15, 0.2) is 0 Å². The van der Waals surface area contributed by atoms with Gasteiger partial charge in [0, 0.05) is 19.6 Å². The number of ether oxygens (including phenoxy) is 1. The Morgan fingerprint density at radius 3 is 2.24 bits per heavy atom. The van der Waals surface area contributed by atoms with E-state index in [1.807, 2.05) is 67.8 Å². The Morgan fingerprint density at radius 1 is 1.16 bits per heavy atom. The molecule has 0 aromatic heterocycles. The van der Waals surface area contributed by atoms with Crippen LogP contribution >= 0.6 is 67.8 Å². The molecule has 2 atom stereocenters. The first-order valence-corrected chi connectivity index (χ1v) is 10.2. The quantitative estimate of drug-likeness (QED) is 0.160. The summed E-state index contributed by atoms with van der Waals surface area (Å²) in [7, 11) is 0. The zero-order valence-corrected chi connectivity index (χ0v) is 19.5. The number of carbonyl (C=O) groups is 2. The van der Waals surface area contributed by atoms with Gasteiger partial charge in [0.1, 0.15) is 6.61 Å². The first-order chi connectivity index (χ1) is 11.6. The van der Waals surface area contributed by atoms with E-state index in [1.165, 1.54) is 6.92 Å². The number of esters is 1. The molecule has 25 heavy (non-hydrogen) atoms. The molecule has 2 unspecified atom stereocenters. The third kappa shape index (κ3) is 5.75. The summed E-state index contributed by atoms with van der Waals surface area (Å²) in [6.07, 6.45) is -1.30. The number of amides is 1. The highest BCUT2D eigenvalue weighted by molar-refractivity contribution is 14.1. The van der Waals surface area contributed by atoms with Crippen molar-refractivity contribution < 1.29 is 29.6 Å². The van der Waals surface area contributed by atoms with Gasteiger partial charge in [0.25, 0.3) is 5.91 Å². The minimum absolute atomic E-state index is 0.0318. The standard InChI is InChI=1S/C14H17I3N2O6/c1-5(22)25-4-6-10(15)9(12(17)13(18)11(6)16)14(24)19-7(2-20)8(23)3-21/h7-8,20-21,23H,2-4,18H2,1H3,(H,19,24). The number of nitrogen functional groups attached to an aromatic ring is 1. The number of carbonyl (C=O) groups excluding carboxylic acids is 2. The van der Waals surface area contributed by atoms with Crippen LogP contribution in [-0.4, -0.2) is 52.6 Å². The normalized spacial score (nSPS) is 13.2. The van der Waals surface area contributed by atoms with Gasteiger partial charge < -0.3 is 31.1 Å². The molecule has 0 bridgehead atoms. The average Bonchev–Trinajstić information content (AvgIpc) is 2.56. The summed E-state index contributed by atoms with van der Waals surface area (Å²) in [4.78, 5) is 23.7. The Kier molecular flexibility index (Phi) is 9.58. The Morgan fingerprint density at radius 2 is 1.76 bits per heavy atom. The maximum Gasteiger partial charge on any atom is 0.302 e. The predicted octanol–water partition coefficient (Wildman–Crippen LogP) is 0.590. The molecule has 0 radical (unpaired) electrons. The molecule has 0 saturated carbocycles. The van der Waals surface area contributed by atoms with Gasteiger partial charge in [-0.15, -0.1) is 0 Å². The van der Waals surface area contributed by atoms with Gasteiger partial charge in [-0.05, 0) is 67.8 Å². The van der Waals surface area contributed by atoms with Crippen LogP contribution in [0.15, 0.2) is 0 Å². The molecule has 1 aromatic carbocycles. The molecule has 1 amide bonds. The van der Waals surface area contributed by atoms with Crippen molar-refractivity contribution in [1.82, 2.24) is 5.32 Å². The zero-order chi connectivity index (χ0) is 19.3. The number of hydrogen-bond acceptors (Lipinski definition) is 7. The summed E-state index contributed by atoms with van der Waals surface area (Å²) < 4.78 is 6.76. The highest BCUT2D eigenvalue weighted by Crippen LogP contribution is 2.34. The van der Waals surface area contributed by atoms with Crippen LogP contribution < -0.4 is 11.1 Å². The Hall–Kier alpha value is 0.0300. The third-order valence-electron chi connectivity index (χ3n) is 3.25. The molecule has 11 heteroatoms. The van der Waals surface area contributed by atoms with Crippen LogP contribution in [0.2, 0.25) is 0 Å². The van der Waals surface area contributed by atoms with E-state index in [0.717, 1.165) is 0 Å². The van der Waals surface area contributed by atoms with Gasteiger partial charge in [-0.25, -0.2) is 0 Å². The van der Waals surface area contributed by atoms with Crippen LogP contribution in [0.25, 0.3) is 0 Å². The molecule has 0 aliphatic carbocycles. The lowest BCUT2D eigenvalue weighted by molar-refractivity contribution is -0.142. The van der Waals surface area contributed by atoms with Gasteiger partial charge >= 0.3 is 5.97 Å². The summed E-state index contributed by atoms with van der Waals surface area (Å²) >= 11 is 5.92. The lowest BCUT2D eigenvalue weighted by Crippen LogP contribution is -2.47. The topological polar surface area (TPSA) is 142 Å². The molecular weight excluding hydrogens is 673 g/mol. The summed E-state index contributed by atoms with van der Waals surface area (Å²) in [5.74, 6) is -1.02. The van der Waals surface area contributed by atoms with Crippen molar-refractivity contribution >= 4 is 85.3 Å². The Bertz CT molecular complexity index is 671. The summed E-state index contributed by atoms with van der Waals surface area (Å²) in [5, 5.41) is 30.4. The fourth-order valence-electron chi connectivity index (χ4n) is 1.87. The second-order valence-electron chi connectivity index (χ2n) is 5.00. The molecule has 0 aliphatic heterocycles. The molecule has 0 spiro atoms. The maximum atomic E-state index is 12.6. The second kappa shape index (κ2) is 10.4.